The van der Waals surface area contributed by atoms with E-state index in [9.17, 15) is 0 Å². The van der Waals surface area contributed by atoms with Gasteiger partial charge >= 0.3 is 0 Å². The van der Waals surface area contributed by atoms with E-state index >= 15 is 0 Å². The monoisotopic (exact) mass is 390 g/mol. The molecule has 0 unspecified atom stereocenters. The average molecular weight is 390 g/mol. The third-order valence-electron chi connectivity index (χ3n) is 6.39. The van der Waals surface area contributed by atoms with Crippen LogP contribution < -0.4 is 0 Å². The van der Waals surface area contributed by atoms with Gasteiger partial charge in [-0.3, -0.25) is 0 Å². The predicted octanol–water partition coefficient (Wildman–Crippen LogP) is 8.00. The van der Waals surface area contributed by atoms with Gasteiger partial charge in [-0.05, 0) is 54.7 Å². The first-order valence-corrected chi connectivity index (χ1v) is 10.4. The Labute approximate surface area is 174 Å². The second-order valence-electron chi connectivity index (χ2n) is 8.30. The number of aryl methyl sites for hydroxylation is 3. The molecule has 0 radical (unpaired) electrons. The van der Waals surface area contributed by atoms with E-state index in [1.807, 2.05) is 12.1 Å². The van der Waals surface area contributed by atoms with Crippen LogP contribution in [0, 0.1) is 20.8 Å². The minimum atomic E-state index is 0.815. The molecule has 0 saturated heterocycles. The summed E-state index contributed by atoms with van der Waals surface area (Å²) in [5.74, 6) is 0. The Morgan fingerprint density at radius 2 is 1.33 bits per heavy atom. The fraction of sp³-hybridized carbons (Fsp3) is 0.143. The number of fused-ring (bicyclic) bond motifs is 6. The Morgan fingerprint density at radius 1 is 0.600 bits per heavy atom. The van der Waals surface area contributed by atoms with Gasteiger partial charge in [-0.1, -0.05) is 60.7 Å². The van der Waals surface area contributed by atoms with Gasteiger partial charge < -0.3 is 8.83 Å². The van der Waals surface area contributed by atoms with Gasteiger partial charge in [0.2, 0.25) is 0 Å². The molecule has 2 aromatic heterocycles. The van der Waals surface area contributed by atoms with Gasteiger partial charge in [0.15, 0.2) is 0 Å². The molecule has 0 spiro atoms. The molecule has 0 aliphatic rings. The number of benzene rings is 4. The summed E-state index contributed by atoms with van der Waals surface area (Å²) >= 11 is 0. The minimum Gasteiger partial charge on any atom is -0.456 e. The molecule has 0 N–H and O–H groups in total. The van der Waals surface area contributed by atoms with E-state index in [0.717, 1.165) is 28.8 Å². The first-order valence-electron chi connectivity index (χ1n) is 10.4. The lowest BCUT2D eigenvalue weighted by atomic mass is 9.94. The van der Waals surface area contributed by atoms with Crippen LogP contribution in [0.1, 0.15) is 27.8 Å². The van der Waals surface area contributed by atoms with Crippen molar-refractivity contribution in [2.75, 3.05) is 0 Å². The van der Waals surface area contributed by atoms with Crippen LogP contribution in [-0.2, 0) is 6.42 Å². The SMILES string of the molecule is Cc1cccc2c1oc1c(Cc3cc(C)c4c(oc5ccccc54)c3C)cccc12. The van der Waals surface area contributed by atoms with E-state index < -0.39 is 0 Å². The molecule has 30 heavy (non-hydrogen) atoms. The van der Waals surface area contributed by atoms with Crippen molar-refractivity contribution < 1.29 is 8.83 Å². The Bertz CT molecular complexity index is 1590. The number of hydrogen-bond donors (Lipinski definition) is 0. The molecule has 0 aliphatic carbocycles. The molecule has 6 aromatic rings. The van der Waals surface area contributed by atoms with Crippen LogP contribution in [0.25, 0.3) is 43.9 Å². The molecule has 2 heterocycles. The largest absolute Gasteiger partial charge is 0.456 e. The van der Waals surface area contributed by atoms with Crippen LogP contribution in [0.4, 0.5) is 0 Å². The van der Waals surface area contributed by atoms with E-state index in [-0.39, 0.29) is 0 Å². The first-order chi connectivity index (χ1) is 14.6. The summed E-state index contributed by atoms with van der Waals surface area (Å²) in [6.45, 7) is 6.45. The summed E-state index contributed by atoms with van der Waals surface area (Å²) in [6, 6.07) is 23.4. The van der Waals surface area contributed by atoms with Crippen molar-refractivity contribution in [1.29, 1.82) is 0 Å². The smallest absolute Gasteiger partial charge is 0.138 e. The Balaban J connectivity index is 1.56. The highest BCUT2D eigenvalue weighted by Crippen LogP contribution is 2.37. The van der Waals surface area contributed by atoms with Crippen LogP contribution in [0.5, 0.6) is 0 Å². The molecule has 0 bridgehead atoms. The van der Waals surface area contributed by atoms with Crippen LogP contribution in [0.2, 0.25) is 0 Å². The van der Waals surface area contributed by atoms with Crippen molar-refractivity contribution in [2.24, 2.45) is 0 Å². The Hall–Kier alpha value is -3.52. The fourth-order valence-electron chi connectivity index (χ4n) is 4.84. The molecule has 0 atom stereocenters. The summed E-state index contributed by atoms with van der Waals surface area (Å²) in [5, 5.41) is 4.79. The van der Waals surface area contributed by atoms with E-state index in [0.29, 0.717) is 0 Å². The number of hydrogen-bond acceptors (Lipinski definition) is 2. The molecule has 0 aliphatic heterocycles. The van der Waals surface area contributed by atoms with Gasteiger partial charge in [0.1, 0.15) is 22.3 Å². The van der Waals surface area contributed by atoms with Gasteiger partial charge in [-0.25, -0.2) is 0 Å². The maximum Gasteiger partial charge on any atom is 0.138 e. The Morgan fingerprint density at radius 3 is 2.20 bits per heavy atom. The second kappa shape index (κ2) is 6.24. The van der Waals surface area contributed by atoms with Crippen molar-refractivity contribution in [2.45, 2.75) is 27.2 Å². The van der Waals surface area contributed by atoms with Crippen molar-refractivity contribution in [3.8, 4) is 0 Å². The van der Waals surface area contributed by atoms with Gasteiger partial charge in [0, 0.05) is 28.0 Å². The highest BCUT2D eigenvalue weighted by atomic mass is 16.3. The lowest BCUT2D eigenvalue weighted by Crippen LogP contribution is -1.94. The molecule has 6 rings (SSSR count). The maximum absolute atomic E-state index is 6.37. The number of rotatable bonds is 2. The zero-order chi connectivity index (χ0) is 20.4. The van der Waals surface area contributed by atoms with Gasteiger partial charge in [-0.15, -0.1) is 0 Å². The zero-order valence-corrected chi connectivity index (χ0v) is 17.4. The third kappa shape index (κ3) is 2.37. The van der Waals surface area contributed by atoms with Crippen LogP contribution >= 0.6 is 0 Å². The highest BCUT2D eigenvalue weighted by molar-refractivity contribution is 6.08. The van der Waals surface area contributed by atoms with Crippen molar-refractivity contribution in [1.82, 2.24) is 0 Å². The molecular weight excluding hydrogens is 368 g/mol. The normalized spacial score (nSPS) is 12.0. The van der Waals surface area contributed by atoms with Gasteiger partial charge in [0.05, 0.1) is 0 Å². The Kier molecular flexibility index (Phi) is 3.61. The van der Waals surface area contributed by atoms with E-state index in [4.69, 9.17) is 8.83 Å². The highest BCUT2D eigenvalue weighted by Gasteiger charge is 2.17. The fourth-order valence-corrected chi connectivity index (χ4v) is 4.84. The number of para-hydroxylation sites is 3. The summed E-state index contributed by atoms with van der Waals surface area (Å²) in [7, 11) is 0. The second-order valence-corrected chi connectivity index (χ2v) is 8.30. The van der Waals surface area contributed by atoms with Crippen LogP contribution in [0.3, 0.4) is 0 Å². The lowest BCUT2D eigenvalue weighted by Gasteiger charge is -2.10. The lowest BCUT2D eigenvalue weighted by molar-refractivity contribution is 0.659. The molecule has 146 valence electrons. The summed E-state index contributed by atoms with van der Waals surface area (Å²) in [4.78, 5) is 0. The van der Waals surface area contributed by atoms with E-state index in [1.165, 1.54) is 49.4 Å². The molecule has 2 heteroatoms. The average Bonchev–Trinajstić information content (AvgIpc) is 3.33. The van der Waals surface area contributed by atoms with Gasteiger partial charge in [-0.2, -0.15) is 0 Å². The molecular formula is C28H22O2. The van der Waals surface area contributed by atoms with Crippen molar-refractivity contribution >= 4 is 43.9 Å². The topological polar surface area (TPSA) is 26.3 Å². The third-order valence-corrected chi connectivity index (χ3v) is 6.39. The molecule has 0 amide bonds. The molecule has 4 aromatic carbocycles. The zero-order valence-electron chi connectivity index (χ0n) is 17.4. The summed E-state index contributed by atoms with van der Waals surface area (Å²) < 4.78 is 12.6. The van der Waals surface area contributed by atoms with Crippen LogP contribution in [0.15, 0.2) is 75.6 Å². The number of furan rings is 2. The summed E-state index contributed by atoms with van der Waals surface area (Å²) in [5.41, 5.74) is 10.0. The van der Waals surface area contributed by atoms with E-state index in [2.05, 4.69) is 75.4 Å². The standard InChI is InChI=1S/C28H22O2/c1-16-8-6-11-21-22-12-7-9-19(28(22)30-26(16)21)15-20-14-17(2)25-23-10-4-5-13-24(23)29-27(25)18(20)3/h4-14H,15H2,1-3H3. The van der Waals surface area contributed by atoms with E-state index in [1.54, 1.807) is 0 Å². The molecule has 2 nitrogen and oxygen atoms in total. The first kappa shape index (κ1) is 17.3. The molecule has 0 saturated carbocycles. The minimum absolute atomic E-state index is 0.815. The van der Waals surface area contributed by atoms with Crippen molar-refractivity contribution in [3.63, 3.8) is 0 Å². The summed E-state index contributed by atoms with van der Waals surface area (Å²) in [6.07, 6.45) is 0.815. The van der Waals surface area contributed by atoms with Gasteiger partial charge in [0.25, 0.3) is 0 Å². The predicted molar refractivity (Wildman–Crippen MR) is 124 cm³/mol. The molecule has 0 fully saturated rings. The quantitative estimate of drug-likeness (QED) is 0.299. The maximum atomic E-state index is 6.37. The van der Waals surface area contributed by atoms with Crippen LogP contribution in [-0.4, -0.2) is 0 Å². The van der Waals surface area contributed by atoms with Crippen molar-refractivity contribution in [3.05, 3.63) is 94.5 Å².